The van der Waals surface area contributed by atoms with E-state index in [1.54, 1.807) is 24.1 Å². The van der Waals surface area contributed by atoms with Crippen LogP contribution in [0.5, 0.6) is 0 Å². The lowest BCUT2D eigenvalue weighted by Crippen LogP contribution is -2.09. The Morgan fingerprint density at radius 3 is 2.89 bits per heavy atom. The van der Waals surface area contributed by atoms with E-state index in [9.17, 15) is 10.1 Å². The van der Waals surface area contributed by atoms with Crippen molar-refractivity contribution < 1.29 is 4.92 Å². The van der Waals surface area contributed by atoms with Crippen LogP contribution in [0.4, 0.5) is 11.4 Å². The maximum atomic E-state index is 10.9. The fourth-order valence-corrected chi connectivity index (χ4v) is 1.83. The predicted molar refractivity (Wildman–Crippen MR) is 71.0 cm³/mol. The van der Waals surface area contributed by atoms with Crippen LogP contribution >= 0.6 is 0 Å². The molecule has 0 atom stereocenters. The van der Waals surface area contributed by atoms with E-state index >= 15 is 0 Å². The summed E-state index contributed by atoms with van der Waals surface area (Å²) in [7, 11) is 1.80. The molecule has 2 aromatic rings. The van der Waals surface area contributed by atoms with E-state index < -0.39 is 0 Å². The number of benzene rings is 1. The van der Waals surface area contributed by atoms with Crippen molar-refractivity contribution in [2.45, 2.75) is 13.3 Å². The van der Waals surface area contributed by atoms with Gasteiger partial charge in [0, 0.05) is 26.1 Å². The van der Waals surface area contributed by atoms with Gasteiger partial charge < -0.3 is 5.32 Å². The highest BCUT2D eigenvalue weighted by atomic mass is 16.6. The zero-order valence-electron chi connectivity index (χ0n) is 10.8. The van der Waals surface area contributed by atoms with Crippen molar-refractivity contribution in [3.8, 4) is 0 Å². The monoisotopic (exact) mass is 261 g/mol. The molecule has 7 nitrogen and oxygen atoms in total. The van der Waals surface area contributed by atoms with Crippen LogP contribution in [0, 0.1) is 17.0 Å². The minimum absolute atomic E-state index is 0.0916. The zero-order chi connectivity index (χ0) is 13.8. The summed E-state index contributed by atoms with van der Waals surface area (Å²) in [6.07, 6.45) is 2.25. The number of rotatable bonds is 5. The molecule has 0 radical (unpaired) electrons. The standard InChI is InChI=1S/C12H15N5O2/c1-9-4-3-5-10(17(18)19)12(9)13-7-6-11-14-8-16(2)15-11/h3-5,8,13H,6-7H2,1-2H3. The van der Waals surface area contributed by atoms with E-state index in [-0.39, 0.29) is 10.6 Å². The molecule has 100 valence electrons. The molecule has 0 saturated carbocycles. The molecule has 1 aromatic carbocycles. The molecule has 19 heavy (non-hydrogen) atoms. The molecular formula is C12H15N5O2. The number of para-hydroxylation sites is 1. The fraction of sp³-hybridized carbons (Fsp3) is 0.333. The van der Waals surface area contributed by atoms with Crippen LogP contribution in [0.2, 0.25) is 0 Å². The summed E-state index contributed by atoms with van der Waals surface area (Å²) in [6, 6.07) is 5.02. The first kappa shape index (κ1) is 13.0. The van der Waals surface area contributed by atoms with E-state index in [4.69, 9.17) is 0 Å². The van der Waals surface area contributed by atoms with Gasteiger partial charge in [0.15, 0.2) is 5.82 Å². The van der Waals surface area contributed by atoms with E-state index in [1.165, 1.54) is 6.07 Å². The summed E-state index contributed by atoms with van der Waals surface area (Å²) in [5, 5.41) is 18.2. The van der Waals surface area contributed by atoms with Gasteiger partial charge in [0.2, 0.25) is 0 Å². The smallest absolute Gasteiger partial charge is 0.292 e. The molecule has 0 saturated heterocycles. The van der Waals surface area contributed by atoms with Crippen molar-refractivity contribution in [1.29, 1.82) is 0 Å². The van der Waals surface area contributed by atoms with E-state index in [2.05, 4.69) is 15.4 Å². The summed E-state index contributed by atoms with van der Waals surface area (Å²) in [5.41, 5.74) is 1.50. The first-order valence-corrected chi connectivity index (χ1v) is 5.90. The lowest BCUT2D eigenvalue weighted by molar-refractivity contribution is -0.384. The van der Waals surface area contributed by atoms with Crippen molar-refractivity contribution in [3.63, 3.8) is 0 Å². The van der Waals surface area contributed by atoms with Crippen LogP contribution in [0.15, 0.2) is 24.5 Å². The lowest BCUT2D eigenvalue weighted by Gasteiger charge is -2.08. The van der Waals surface area contributed by atoms with Crippen molar-refractivity contribution >= 4 is 11.4 Å². The van der Waals surface area contributed by atoms with Gasteiger partial charge in [-0.2, -0.15) is 5.10 Å². The molecule has 1 N–H and O–H groups in total. The molecule has 7 heteroatoms. The molecular weight excluding hydrogens is 246 g/mol. The number of hydrogen-bond acceptors (Lipinski definition) is 5. The fourth-order valence-electron chi connectivity index (χ4n) is 1.83. The molecule has 0 aliphatic carbocycles. The van der Waals surface area contributed by atoms with E-state index in [1.807, 2.05) is 13.0 Å². The van der Waals surface area contributed by atoms with Gasteiger partial charge in [-0.1, -0.05) is 12.1 Å². The van der Waals surface area contributed by atoms with Gasteiger partial charge in [-0.05, 0) is 12.5 Å². The second-order valence-corrected chi connectivity index (χ2v) is 4.24. The van der Waals surface area contributed by atoms with Gasteiger partial charge in [-0.15, -0.1) is 0 Å². The van der Waals surface area contributed by atoms with Gasteiger partial charge in [0.25, 0.3) is 5.69 Å². The van der Waals surface area contributed by atoms with Gasteiger partial charge in [-0.3, -0.25) is 14.8 Å². The van der Waals surface area contributed by atoms with Crippen molar-refractivity contribution in [3.05, 3.63) is 46.0 Å². The Morgan fingerprint density at radius 2 is 2.26 bits per heavy atom. The average molecular weight is 261 g/mol. The molecule has 0 fully saturated rings. The summed E-state index contributed by atoms with van der Waals surface area (Å²) < 4.78 is 1.63. The van der Waals surface area contributed by atoms with Crippen molar-refractivity contribution in [2.75, 3.05) is 11.9 Å². The molecule has 0 amide bonds. The molecule has 0 aliphatic rings. The topological polar surface area (TPSA) is 85.9 Å². The Labute approximate surface area is 110 Å². The highest BCUT2D eigenvalue weighted by molar-refractivity contribution is 5.65. The van der Waals surface area contributed by atoms with E-state index in [0.29, 0.717) is 24.5 Å². The Hall–Kier alpha value is -2.44. The number of nitro benzene ring substituents is 1. The van der Waals surface area contributed by atoms with Crippen LogP contribution in [-0.2, 0) is 13.5 Å². The third kappa shape index (κ3) is 3.06. The van der Waals surface area contributed by atoms with Crippen molar-refractivity contribution in [1.82, 2.24) is 14.8 Å². The number of aromatic nitrogens is 3. The number of nitro groups is 1. The minimum atomic E-state index is -0.381. The largest absolute Gasteiger partial charge is 0.379 e. The van der Waals surface area contributed by atoms with Crippen LogP contribution < -0.4 is 5.32 Å². The highest BCUT2D eigenvalue weighted by Crippen LogP contribution is 2.27. The summed E-state index contributed by atoms with van der Waals surface area (Å²) in [4.78, 5) is 14.7. The molecule has 0 unspecified atom stereocenters. The second kappa shape index (κ2) is 5.47. The molecule has 0 aliphatic heterocycles. The Bertz CT molecular complexity index is 594. The quantitative estimate of drug-likeness (QED) is 0.653. The molecule has 1 heterocycles. The van der Waals surface area contributed by atoms with Gasteiger partial charge in [0.05, 0.1) is 4.92 Å². The first-order chi connectivity index (χ1) is 9.08. The van der Waals surface area contributed by atoms with Gasteiger partial charge in [-0.25, -0.2) is 4.98 Å². The number of aryl methyl sites for hydroxylation is 2. The zero-order valence-corrected chi connectivity index (χ0v) is 10.8. The SMILES string of the molecule is Cc1cccc([N+](=O)[O-])c1NCCc1ncn(C)n1. The third-order valence-electron chi connectivity index (χ3n) is 2.74. The molecule has 0 bridgehead atoms. The van der Waals surface area contributed by atoms with Crippen LogP contribution in [0.1, 0.15) is 11.4 Å². The Balaban J connectivity index is 2.05. The number of nitrogens with zero attached hydrogens (tertiary/aromatic N) is 4. The Kier molecular flexibility index (Phi) is 3.74. The Morgan fingerprint density at radius 1 is 1.47 bits per heavy atom. The summed E-state index contributed by atoms with van der Waals surface area (Å²) in [5.74, 6) is 0.714. The summed E-state index contributed by atoms with van der Waals surface area (Å²) in [6.45, 7) is 2.39. The summed E-state index contributed by atoms with van der Waals surface area (Å²) >= 11 is 0. The lowest BCUT2D eigenvalue weighted by atomic mass is 10.1. The first-order valence-electron chi connectivity index (χ1n) is 5.90. The van der Waals surface area contributed by atoms with Gasteiger partial charge in [0.1, 0.15) is 12.0 Å². The third-order valence-corrected chi connectivity index (χ3v) is 2.74. The van der Waals surface area contributed by atoms with Crippen LogP contribution in [0.25, 0.3) is 0 Å². The van der Waals surface area contributed by atoms with Crippen LogP contribution in [0.3, 0.4) is 0 Å². The molecule has 1 aromatic heterocycles. The highest BCUT2D eigenvalue weighted by Gasteiger charge is 2.14. The maximum Gasteiger partial charge on any atom is 0.292 e. The average Bonchev–Trinajstić information content (AvgIpc) is 2.77. The number of hydrogen-bond donors (Lipinski definition) is 1. The second-order valence-electron chi connectivity index (χ2n) is 4.24. The normalized spacial score (nSPS) is 10.4. The predicted octanol–water partition coefficient (Wildman–Crippen LogP) is 1.69. The van der Waals surface area contributed by atoms with Crippen LogP contribution in [-0.4, -0.2) is 26.2 Å². The maximum absolute atomic E-state index is 10.9. The van der Waals surface area contributed by atoms with Crippen molar-refractivity contribution in [2.24, 2.45) is 7.05 Å². The molecule has 0 spiro atoms. The minimum Gasteiger partial charge on any atom is -0.379 e. The number of anilines is 1. The molecule has 2 rings (SSSR count). The van der Waals surface area contributed by atoms with E-state index in [0.717, 1.165) is 5.56 Å². The number of nitrogens with one attached hydrogen (secondary N) is 1. The van der Waals surface area contributed by atoms with Gasteiger partial charge >= 0.3 is 0 Å².